The first kappa shape index (κ1) is 117. The minimum atomic E-state index is -1.93. The number of imidazole rings is 2. The van der Waals surface area contributed by atoms with Gasteiger partial charge in [0.2, 0.25) is 5.88 Å². The summed E-state index contributed by atoms with van der Waals surface area (Å²) >= 11 is 31.5. The number of hydrogen-bond acceptors (Lipinski definition) is 43. The number of hydrogen-bond donors (Lipinski definition) is 21. The summed E-state index contributed by atoms with van der Waals surface area (Å²) in [4.78, 5) is 46.4. The number of nitrogens with zero attached hydrogens (tertiary/aromatic N) is 17. The lowest BCUT2D eigenvalue weighted by atomic mass is 9.97. The van der Waals surface area contributed by atoms with E-state index >= 15 is 0 Å². The molecule has 144 heavy (non-hydrogen) atoms. The average molecular weight is 2220 g/mol. The summed E-state index contributed by atoms with van der Waals surface area (Å²) in [7, 11) is 1.60. The zero-order valence-corrected chi connectivity index (χ0v) is 82.3. The summed E-state index contributed by atoms with van der Waals surface area (Å²) in [5.74, 6) is 0.213. The molecule has 0 amide bonds. The number of aliphatic imine (C=N–C) groups is 5. The predicted octanol–water partition coefficient (Wildman–Crippen LogP) is 0.360. The number of aliphatic hydroxyl groups is 14. The first-order valence-corrected chi connectivity index (χ1v) is 46.8. The average Bonchev–Trinajstić information content (AvgIpc) is 1.59. The molecule has 0 aromatic carbocycles. The molecule has 0 aliphatic carbocycles. The van der Waals surface area contributed by atoms with Gasteiger partial charge >= 0.3 is 0 Å². The zero-order chi connectivity index (χ0) is 107. The highest BCUT2D eigenvalue weighted by Gasteiger charge is 2.63. The van der Waals surface area contributed by atoms with Gasteiger partial charge in [0, 0.05) is 55.1 Å². The Morgan fingerprint density at radius 1 is 0.500 bits per heavy atom. The summed E-state index contributed by atoms with van der Waals surface area (Å²) in [6.45, 7) is 23.1. The van der Waals surface area contributed by atoms with E-state index in [1.54, 1.807) is 39.2 Å². The molecule has 25 N–H and O–H groups in total. The second kappa shape index (κ2) is 48.4. The normalized spacial score (nSPS) is 36.1. The van der Waals surface area contributed by atoms with Gasteiger partial charge in [-0.25, -0.2) is 75.0 Å². The zero-order valence-electron chi connectivity index (χ0n) is 76.9. The molecule has 28 atom stereocenters. The number of anilines is 1. The molecule has 12 aliphatic heterocycles. The van der Waals surface area contributed by atoms with Gasteiger partial charge in [-0.05, 0) is 45.1 Å². The molecular formula is C84H111BrCl5F8N23O23. The van der Waals surface area contributed by atoms with Gasteiger partial charge < -0.3 is 162 Å². The van der Waals surface area contributed by atoms with Crippen molar-refractivity contribution in [3.8, 4) is 5.88 Å². The topological polar surface area (TPSA) is 658 Å². The summed E-state index contributed by atoms with van der Waals surface area (Å²) in [6.07, 6.45) is -15.2. The number of nitrogens with one attached hydrogen (secondary N) is 2. The highest BCUT2D eigenvalue weighted by Crippen LogP contribution is 2.47. The van der Waals surface area contributed by atoms with Crippen LogP contribution < -0.4 is 38.5 Å². The van der Waals surface area contributed by atoms with Gasteiger partial charge in [0.15, 0.2) is 121 Å². The van der Waals surface area contributed by atoms with E-state index in [0.29, 0.717) is 63.6 Å². The van der Waals surface area contributed by atoms with E-state index in [9.17, 15) is 107 Å². The van der Waals surface area contributed by atoms with Crippen LogP contribution in [0.3, 0.4) is 0 Å². The summed E-state index contributed by atoms with van der Waals surface area (Å²) < 4.78 is 160. The SMILES string of the molecule is C=C1N=C(N)C(C)=CN1[C@@H]1O[C@@](CO)(CCl)[C@@H](O)[C@H]1F.C=C1N=C(N)C(F)=CN1[C@@H]1O[C@@](CO)(CCl)[C@@H](O)[C@H]1F.C=C1N=C(N)C=CN1[C@@H]1O[C@@](CO)(CBr)[C@@H](O)[C@H]1F.C=C1N=C(NO)C=CN1[C@@H]1O[C@@](CO)(CCl)[C@@H](O)[C@H]1F.C=C1NC(=NC)C=CN1[C@@H]1O[C@@](CO)(CCl)[C@@H](O)[C@H]1F.C=C[C@]1(CO)O[C@@H](n2cnc3c(OCC)nc(C)nc32)[C@H](F)[C@@H]1O.Nc1ccnc2c1ncn2[C@@H]1O[C@@](CO)(CCl)[C@@H](O)[C@H]1F. The van der Waals surface area contributed by atoms with Crippen molar-refractivity contribution >= 4 is 131 Å². The van der Waals surface area contributed by atoms with Crippen LogP contribution in [0.15, 0.2) is 185 Å². The molecule has 12 aliphatic rings. The molecule has 16 rings (SSSR count). The molecule has 0 saturated carbocycles. The molecule has 798 valence electrons. The van der Waals surface area contributed by atoms with Crippen LogP contribution in [-0.4, -0.2) is 415 Å². The molecule has 4 aromatic rings. The van der Waals surface area contributed by atoms with Crippen molar-refractivity contribution in [2.45, 2.75) is 190 Å². The molecule has 0 radical (unpaired) electrons. The maximum Gasteiger partial charge on any atom is 0.245 e. The third-order valence-electron chi connectivity index (χ3n) is 24.5. The number of nitrogens with two attached hydrogens (primary N) is 4. The quantitative estimate of drug-likeness (QED) is 0.0206. The minimum Gasteiger partial charge on any atom is -0.476 e. The van der Waals surface area contributed by atoms with Crippen molar-refractivity contribution in [1.82, 2.24) is 69.4 Å². The van der Waals surface area contributed by atoms with Gasteiger partial charge in [0.05, 0.1) is 101 Å². The largest absolute Gasteiger partial charge is 0.476 e. The molecule has 7 saturated heterocycles. The number of aromatic nitrogens is 7. The van der Waals surface area contributed by atoms with Crippen LogP contribution in [0.25, 0.3) is 22.3 Å². The Morgan fingerprint density at radius 3 is 1.29 bits per heavy atom. The Labute approximate surface area is 849 Å². The van der Waals surface area contributed by atoms with Crippen molar-refractivity contribution in [3.05, 3.63) is 166 Å². The van der Waals surface area contributed by atoms with Crippen molar-refractivity contribution in [3.63, 3.8) is 0 Å². The number of rotatable bonds is 23. The smallest absolute Gasteiger partial charge is 0.245 e. The molecule has 7 fully saturated rings. The number of fused-ring (bicyclic) bond motifs is 2. The summed E-state index contributed by atoms with van der Waals surface area (Å²) in [6, 6.07) is 1.58. The van der Waals surface area contributed by atoms with E-state index in [2.05, 4.69) is 111 Å². The lowest BCUT2D eigenvalue weighted by Crippen LogP contribution is -2.47. The molecule has 0 spiro atoms. The third-order valence-corrected chi connectivity index (χ3v) is 27.8. The predicted molar refractivity (Wildman–Crippen MR) is 509 cm³/mol. The lowest BCUT2D eigenvalue weighted by Gasteiger charge is -2.34. The van der Waals surface area contributed by atoms with Crippen LogP contribution in [0.4, 0.5) is 40.8 Å². The number of amidine groups is 5. The number of halogens is 14. The standard InChI is InChI=1S/C15H19FN4O4.C12H14ClFN4O3.2C12H17ClFN3O3.C11H15BrFN3O3.C11H14ClF2N3O3.C11H15ClFN3O4/c1-4-15(6-21)11(22)9(16)14(24-15)20-7-17-10-12(20)18-8(3)19-13(10)23-5-2;13-3-12(4-19)9(20)7(14)11(21-12)18-5-17-8-6(15)1-2-16-10(8)18;1-6-3-17(7(2)16-10(6)15)11-8(14)9(19)12(4-13,5-18)20-11;1-7-16-8(15-2)3-4-17(7)11-9(14)10(19)12(5-13,6-18)20-11;1-6-15-7(14)2-3-16(6)10-8(13)9(18)11(4-12,5-17)19-10;1-5-16-9(15)6(13)2-17(5)10-7(14)8(19)11(3-12,4-18)20-10;1-6-14-7(15-19)2-3-16(6)10-8(13)9(18)11(4-12,5-17)20-10/h4,7,9,11,14,21-22H,1,5-6H2,2-3H3;1-2,5,7,9,11,19-20H,3-4H2,(H2,15,16);3,8-9,11,18-19H,2,4-5H2,1H3,(H2,15,16);3-4,9-11,18-19H,1,5-6H2,2H3,(H,15,16);2-3,8-10,17-18H,1,4-5H2,(H2,14,15);2,7-8,10,18-19H,1,3-4H2,(H2,15,16);2-3,8-10,17-19H,1,4-5H2,(H,14,15)/t9-,11+,14-,15-;7-,9+,11-,12-;8-,9+,11-,12-;9-,10+,11-,12-;8-,9+,10-,11-;7-,8+,10-,11-;8-,9+,10-,11-/m1111111/s1. The first-order chi connectivity index (χ1) is 68.1. The molecular weight excluding hydrogens is 2110 g/mol. The van der Waals surface area contributed by atoms with E-state index < -0.39 is 221 Å². The monoisotopic (exact) mass is 2220 g/mol. The Morgan fingerprint density at radius 2 is 0.889 bits per heavy atom. The Hall–Kier alpha value is -9.25. The van der Waals surface area contributed by atoms with Gasteiger partial charge in [0.25, 0.3) is 0 Å². The van der Waals surface area contributed by atoms with Gasteiger partial charge in [-0.2, -0.15) is 4.98 Å². The number of pyridine rings is 1. The van der Waals surface area contributed by atoms with Gasteiger partial charge in [0.1, 0.15) is 140 Å². The van der Waals surface area contributed by atoms with Crippen molar-refractivity contribution < 1.29 is 150 Å². The van der Waals surface area contributed by atoms with Gasteiger partial charge in [-0.15, -0.1) is 64.6 Å². The fourth-order valence-electron chi connectivity index (χ4n) is 15.7. The van der Waals surface area contributed by atoms with Crippen molar-refractivity contribution in [1.29, 1.82) is 0 Å². The molecule has 60 heteroatoms. The highest BCUT2D eigenvalue weighted by atomic mass is 79.9. The van der Waals surface area contributed by atoms with Crippen molar-refractivity contribution in [2.75, 3.05) is 100 Å². The molecule has 0 bridgehead atoms. The fraction of sp³-hybridized carbons (Fsp3) is 0.548. The van der Waals surface area contributed by atoms with Crippen LogP contribution in [0.5, 0.6) is 5.88 Å². The molecule has 16 heterocycles. The highest BCUT2D eigenvalue weighted by molar-refractivity contribution is 9.09. The Bertz CT molecular complexity index is 5470. The van der Waals surface area contributed by atoms with Crippen molar-refractivity contribution in [2.24, 2.45) is 42.2 Å². The summed E-state index contributed by atoms with van der Waals surface area (Å²) in [5, 5.41) is 147. The number of aryl methyl sites for hydroxylation is 1. The number of hydroxylamine groups is 1. The summed E-state index contributed by atoms with van der Waals surface area (Å²) in [5.41, 5.74) is 15.7. The number of alkyl halides is 13. The Kier molecular flexibility index (Phi) is 39.2. The fourth-order valence-corrected chi connectivity index (χ4v) is 17.9. The second-order valence-corrected chi connectivity index (χ2v) is 35.5. The third kappa shape index (κ3) is 22.5. The van der Waals surface area contributed by atoms with E-state index in [1.807, 2.05) is 12.4 Å². The van der Waals surface area contributed by atoms with Crippen LogP contribution >= 0.6 is 73.9 Å². The van der Waals surface area contributed by atoms with Gasteiger partial charge in [-0.3, -0.25) is 24.8 Å². The van der Waals surface area contributed by atoms with Gasteiger partial charge in [-0.1, -0.05) is 54.9 Å². The van der Waals surface area contributed by atoms with E-state index in [4.69, 9.17) is 124 Å². The Balaban J connectivity index is 0.000000173. The number of ether oxygens (including phenoxy) is 8. The minimum absolute atomic E-state index is 0.0490. The number of nitrogen functional groups attached to an aromatic ring is 1. The van der Waals surface area contributed by atoms with E-state index in [-0.39, 0.29) is 81.4 Å². The lowest BCUT2D eigenvalue weighted by molar-refractivity contribution is -0.121. The molecule has 0 unspecified atom stereocenters. The van der Waals surface area contributed by atoms with Crippen LogP contribution in [-0.2, 0) is 33.2 Å². The van der Waals surface area contributed by atoms with E-state index in [1.165, 1.54) is 84.4 Å². The van der Waals surface area contributed by atoms with Crippen LogP contribution in [0.1, 0.15) is 32.1 Å². The maximum absolute atomic E-state index is 14.6. The first-order valence-electron chi connectivity index (χ1n) is 43.0. The van der Waals surface area contributed by atoms with Crippen LogP contribution in [0.2, 0.25) is 0 Å². The number of aliphatic hydroxyl groups excluding tert-OH is 14. The van der Waals surface area contributed by atoms with Crippen LogP contribution in [0, 0.1) is 6.92 Å². The maximum atomic E-state index is 14.6. The molecule has 4 aromatic heterocycles. The second-order valence-electron chi connectivity index (χ2n) is 33.6. The van der Waals surface area contributed by atoms with E-state index in [0.717, 1.165) is 11.1 Å². The molecule has 46 nitrogen and oxygen atoms in total.